The Morgan fingerprint density at radius 1 is 1.11 bits per heavy atom. The second-order valence-corrected chi connectivity index (χ2v) is 8.87. The number of alkyl halides is 3. The second kappa shape index (κ2) is 9.99. The van der Waals surface area contributed by atoms with E-state index in [1.165, 1.54) is 12.1 Å². The molecule has 1 atom stereocenters. The van der Waals surface area contributed by atoms with Gasteiger partial charge in [0.25, 0.3) is 0 Å². The first kappa shape index (κ1) is 24.6. The molecule has 0 aliphatic heterocycles. The lowest BCUT2D eigenvalue weighted by Crippen LogP contribution is -2.25. The lowest BCUT2D eigenvalue weighted by molar-refractivity contribution is -0.145. The standard InChI is InChI=1S/C25H22F3N3O3S/c1-3-20(24(32)33)34-18-8-10-19(11-9-18)35-14-16-12-13-29-23-21(16)30-22(31(23)2)15-4-6-17(7-5-15)25(26,27)28/h4-13,20H,3,14H2,1-2H3,(H,32,33). The molecule has 1 N–H and O–H groups in total. The van der Waals surface area contributed by atoms with Gasteiger partial charge in [-0.1, -0.05) is 19.1 Å². The number of hydrogen-bond acceptors (Lipinski definition) is 5. The van der Waals surface area contributed by atoms with Crippen LogP contribution < -0.4 is 4.74 Å². The molecule has 1 unspecified atom stereocenters. The minimum atomic E-state index is -4.39. The molecule has 0 saturated heterocycles. The topological polar surface area (TPSA) is 77.2 Å². The Labute approximate surface area is 203 Å². The summed E-state index contributed by atoms with van der Waals surface area (Å²) in [6, 6.07) is 14.0. The molecule has 35 heavy (non-hydrogen) atoms. The van der Waals surface area contributed by atoms with Gasteiger partial charge in [-0.2, -0.15) is 13.2 Å². The maximum absolute atomic E-state index is 12.9. The van der Waals surface area contributed by atoms with Crippen molar-refractivity contribution in [3.05, 3.63) is 71.9 Å². The number of carbonyl (C=O) groups is 1. The van der Waals surface area contributed by atoms with Gasteiger partial charge in [0.1, 0.15) is 17.1 Å². The van der Waals surface area contributed by atoms with Gasteiger partial charge in [-0.3, -0.25) is 0 Å². The van der Waals surface area contributed by atoms with Crippen molar-refractivity contribution < 1.29 is 27.8 Å². The number of aliphatic carboxylic acids is 1. The van der Waals surface area contributed by atoms with Crippen molar-refractivity contribution >= 4 is 28.9 Å². The third-order valence-electron chi connectivity index (χ3n) is 5.45. The lowest BCUT2D eigenvalue weighted by Gasteiger charge is -2.13. The summed E-state index contributed by atoms with van der Waals surface area (Å²) in [5, 5.41) is 9.14. The Bertz CT molecular complexity index is 1340. The fourth-order valence-corrected chi connectivity index (χ4v) is 4.44. The third-order valence-corrected chi connectivity index (χ3v) is 6.52. The average Bonchev–Trinajstić information content (AvgIpc) is 3.18. The third kappa shape index (κ3) is 5.43. The number of benzene rings is 2. The molecule has 0 fully saturated rings. The Hall–Kier alpha value is -3.53. The van der Waals surface area contributed by atoms with E-state index in [0.29, 0.717) is 40.5 Å². The minimum absolute atomic E-state index is 0.364. The van der Waals surface area contributed by atoms with Crippen molar-refractivity contribution in [2.24, 2.45) is 7.05 Å². The highest BCUT2D eigenvalue weighted by molar-refractivity contribution is 7.98. The van der Waals surface area contributed by atoms with Gasteiger partial charge >= 0.3 is 12.1 Å². The molecule has 2 aromatic carbocycles. The van der Waals surface area contributed by atoms with Crippen LogP contribution in [0.25, 0.3) is 22.6 Å². The van der Waals surface area contributed by atoms with E-state index in [9.17, 15) is 18.0 Å². The van der Waals surface area contributed by atoms with Crippen LogP contribution >= 0.6 is 11.8 Å². The molecule has 4 rings (SSSR count). The van der Waals surface area contributed by atoms with Gasteiger partial charge in [0, 0.05) is 29.5 Å². The van der Waals surface area contributed by atoms with Crippen LogP contribution in [0.4, 0.5) is 13.2 Å². The van der Waals surface area contributed by atoms with Crippen molar-refractivity contribution in [2.45, 2.75) is 36.3 Å². The van der Waals surface area contributed by atoms with Crippen molar-refractivity contribution in [1.82, 2.24) is 14.5 Å². The number of rotatable bonds is 8. The normalized spacial score (nSPS) is 12.6. The monoisotopic (exact) mass is 501 g/mol. The molecular weight excluding hydrogens is 479 g/mol. The number of halogens is 3. The fraction of sp³-hybridized carbons (Fsp3) is 0.240. The predicted octanol–water partition coefficient (Wildman–Crippen LogP) is 6.19. The van der Waals surface area contributed by atoms with E-state index in [-0.39, 0.29) is 0 Å². The zero-order chi connectivity index (χ0) is 25.2. The van der Waals surface area contributed by atoms with Crippen molar-refractivity contribution in [3.8, 4) is 17.1 Å². The highest BCUT2D eigenvalue weighted by Gasteiger charge is 2.30. The van der Waals surface area contributed by atoms with Crippen LogP contribution in [0.3, 0.4) is 0 Å². The summed E-state index contributed by atoms with van der Waals surface area (Å²) in [4.78, 5) is 21.2. The summed E-state index contributed by atoms with van der Waals surface area (Å²) in [5.74, 6) is 0.610. The number of ether oxygens (including phenoxy) is 1. The number of hydrogen-bond donors (Lipinski definition) is 1. The van der Waals surface area contributed by atoms with Crippen LogP contribution in [-0.2, 0) is 23.8 Å². The molecule has 0 radical (unpaired) electrons. The summed E-state index contributed by atoms with van der Waals surface area (Å²) in [7, 11) is 1.78. The number of imidazole rings is 1. The molecule has 2 aromatic heterocycles. The first-order valence-electron chi connectivity index (χ1n) is 10.8. The molecule has 0 aliphatic rings. The van der Waals surface area contributed by atoms with Crippen molar-refractivity contribution in [1.29, 1.82) is 0 Å². The first-order valence-corrected chi connectivity index (χ1v) is 11.8. The average molecular weight is 502 g/mol. The van der Waals surface area contributed by atoms with Crippen LogP contribution in [0, 0.1) is 0 Å². The van der Waals surface area contributed by atoms with Crippen LogP contribution in [0.5, 0.6) is 5.75 Å². The van der Waals surface area contributed by atoms with E-state index in [1.54, 1.807) is 48.6 Å². The number of thioether (sulfide) groups is 1. The zero-order valence-electron chi connectivity index (χ0n) is 18.9. The summed E-state index contributed by atoms with van der Waals surface area (Å²) < 4.78 is 46.0. The van der Waals surface area contributed by atoms with Gasteiger partial charge < -0.3 is 14.4 Å². The molecule has 2 heterocycles. The first-order chi connectivity index (χ1) is 16.7. The lowest BCUT2D eigenvalue weighted by atomic mass is 10.1. The SMILES string of the molecule is CCC(Oc1ccc(SCc2ccnc3c2nc(-c2ccc(C(F)(F)F)cc2)n3C)cc1)C(=O)O. The molecule has 0 saturated carbocycles. The molecule has 4 aromatic rings. The molecule has 0 aliphatic carbocycles. The Morgan fingerprint density at radius 3 is 2.40 bits per heavy atom. The molecule has 10 heteroatoms. The van der Waals surface area contributed by atoms with E-state index in [1.807, 2.05) is 18.2 Å². The predicted molar refractivity (Wildman–Crippen MR) is 127 cm³/mol. The summed E-state index contributed by atoms with van der Waals surface area (Å²) in [5.41, 5.74) is 2.12. The van der Waals surface area contributed by atoms with Crippen LogP contribution in [0.2, 0.25) is 0 Å². The highest BCUT2D eigenvalue weighted by Crippen LogP contribution is 2.33. The molecule has 0 amide bonds. The quantitative estimate of drug-likeness (QED) is 0.290. The number of aromatic nitrogens is 3. The molecule has 6 nitrogen and oxygen atoms in total. The van der Waals surface area contributed by atoms with Gasteiger partial charge in [0.15, 0.2) is 11.8 Å². The molecule has 0 spiro atoms. The van der Waals surface area contributed by atoms with Gasteiger partial charge in [-0.25, -0.2) is 14.8 Å². The summed E-state index contributed by atoms with van der Waals surface area (Å²) in [6.45, 7) is 1.75. The largest absolute Gasteiger partial charge is 0.479 e. The molecular formula is C25H22F3N3O3S. The van der Waals surface area contributed by atoms with Crippen LogP contribution in [0.15, 0.2) is 65.7 Å². The molecule has 182 valence electrons. The van der Waals surface area contributed by atoms with Gasteiger partial charge in [-0.15, -0.1) is 11.8 Å². The van der Waals surface area contributed by atoms with E-state index in [0.717, 1.165) is 22.6 Å². The van der Waals surface area contributed by atoms with E-state index >= 15 is 0 Å². The zero-order valence-corrected chi connectivity index (χ0v) is 19.7. The van der Waals surface area contributed by atoms with Gasteiger partial charge in [-0.05, 0) is 54.4 Å². The van der Waals surface area contributed by atoms with Crippen molar-refractivity contribution in [3.63, 3.8) is 0 Å². The second-order valence-electron chi connectivity index (χ2n) is 7.82. The summed E-state index contributed by atoms with van der Waals surface area (Å²) >= 11 is 1.57. The maximum Gasteiger partial charge on any atom is 0.416 e. The fourth-order valence-electron chi connectivity index (χ4n) is 3.56. The number of pyridine rings is 1. The van der Waals surface area contributed by atoms with Crippen LogP contribution in [-0.4, -0.2) is 31.7 Å². The smallest absolute Gasteiger partial charge is 0.416 e. The van der Waals surface area contributed by atoms with E-state index < -0.39 is 23.8 Å². The Morgan fingerprint density at radius 2 is 1.80 bits per heavy atom. The summed E-state index contributed by atoms with van der Waals surface area (Å²) in [6.07, 6.45) is -3.23. The Kier molecular flexibility index (Phi) is 7.02. The number of nitrogens with zero attached hydrogens (tertiary/aromatic N) is 3. The molecule has 0 bridgehead atoms. The number of carboxylic acid groups (broad SMARTS) is 1. The van der Waals surface area contributed by atoms with Gasteiger partial charge in [0.05, 0.1) is 5.56 Å². The van der Waals surface area contributed by atoms with Crippen molar-refractivity contribution in [2.75, 3.05) is 0 Å². The highest BCUT2D eigenvalue weighted by atomic mass is 32.2. The number of carboxylic acids is 1. The minimum Gasteiger partial charge on any atom is -0.479 e. The maximum atomic E-state index is 12.9. The number of aryl methyl sites for hydroxylation is 1. The van der Waals surface area contributed by atoms with E-state index in [4.69, 9.17) is 9.84 Å². The Balaban J connectivity index is 1.52. The van der Waals surface area contributed by atoms with Crippen LogP contribution in [0.1, 0.15) is 24.5 Å². The van der Waals surface area contributed by atoms with Gasteiger partial charge in [0.2, 0.25) is 0 Å². The van der Waals surface area contributed by atoms with E-state index in [2.05, 4.69) is 9.97 Å². The number of fused-ring (bicyclic) bond motifs is 1.